The molecule has 1 amide bonds. The molecule has 2 aromatic carbocycles. The minimum atomic E-state index is -0.507. The van der Waals surface area contributed by atoms with Crippen LogP contribution in [0.4, 0.5) is 5.69 Å². The molecule has 0 bridgehead atoms. The van der Waals surface area contributed by atoms with E-state index in [1.807, 2.05) is 45.0 Å². The zero-order valence-corrected chi connectivity index (χ0v) is 17.8. The molecule has 0 atom stereocenters. The number of rotatable bonds is 5. The lowest BCUT2D eigenvalue weighted by Crippen LogP contribution is -2.14. The second-order valence-corrected chi connectivity index (χ2v) is 7.17. The molecule has 0 radical (unpaired) electrons. The number of nitrogens with one attached hydrogen (secondary N) is 1. The number of ether oxygens (including phenoxy) is 1. The summed E-state index contributed by atoms with van der Waals surface area (Å²) >= 11 is 0. The van der Waals surface area contributed by atoms with Crippen LogP contribution >= 0.6 is 0 Å². The standard InChI is InChI=1S/C25H22N2O4/c1-15-5-6-16(2)22(11-15)27-24(28)19(14-26)13-20-8-10-23(31-20)21-9-7-18(12-17(21)3)25(29)30-4/h5-13H,1-4H3,(H,27,28)/b19-13+. The Labute approximate surface area is 180 Å². The molecule has 3 aromatic rings. The Morgan fingerprint density at radius 3 is 2.48 bits per heavy atom. The predicted octanol–water partition coefficient (Wildman–Crippen LogP) is 5.20. The molecule has 0 unspecified atom stereocenters. The third-order valence-electron chi connectivity index (χ3n) is 4.83. The van der Waals surface area contributed by atoms with Crippen LogP contribution in [0, 0.1) is 32.1 Å². The van der Waals surface area contributed by atoms with E-state index >= 15 is 0 Å². The summed E-state index contributed by atoms with van der Waals surface area (Å²) in [6.45, 7) is 5.68. The van der Waals surface area contributed by atoms with Crippen LogP contribution in [0.25, 0.3) is 17.4 Å². The number of carbonyl (C=O) groups excluding carboxylic acids is 2. The number of carbonyl (C=O) groups is 2. The topological polar surface area (TPSA) is 92.3 Å². The number of methoxy groups -OCH3 is 1. The van der Waals surface area contributed by atoms with E-state index in [2.05, 4.69) is 5.32 Å². The van der Waals surface area contributed by atoms with Crippen LogP contribution in [-0.4, -0.2) is 19.0 Å². The van der Waals surface area contributed by atoms with Crippen LogP contribution in [0.3, 0.4) is 0 Å². The van der Waals surface area contributed by atoms with E-state index in [-0.39, 0.29) is 5.57 Å². The third-order valence-corrected chi connectivity index (χ3v) is 4.83. The van der Waals surface area contributed by atoms with Gasteiger partial charge in [-0.05, 0) is 67.8 Å². The van der Waals surface area contributed by atoms with E-state index < -0.39 is 11.9 Å². The number of esters is 1. The highest BCUT2D eigenvalue weighted by molar-refractivity contribution is 6.09. The molecule has 156 valence electrons. The van der Waals surface area contributed by atoms with E-state index in [9.17, 15) is 14.9 Å². The first kappa shape index (κ1) is 21.6. The highest BCUT2D eigenvalue weighted by atomic mass is 16.5. The summed E-state index contributed by atoms with van der Waals surface area (Å²) in [6, 6.07) is 16.2. The third kappa shape index (κ3) is 4.90. The van der Waals surface area contributed by atoms with Crippen LogP contribution in [0.2, 0.25) is 0 Å². The average Bonchev–Trinajstić information content (AvgIpc) is 3.22. The minimum absolute atomic E-state index is 0.0698. The molecule has 1 aromatic heterocycles. The first-order chi connectivity index (χ1) is 14.8. The smallest absolute Gasteiger partial charge is 0.337 e. The van der Waals surface area contributed by atoms with Crippen molar-refractivity contribution < 1.29 is 18.7 Å². The van der Waals surface area contributed by atoms with Crippen molar-refractivity contribution in [1.29, 1.82) is 5.26 Å². The van der Waals surface area contributed by atoms with Gasteiger partial charge >= 0.3 is 5.97 Å². The molecule has 0 fully saturated rings. The normalized spacial score (nSPS) is 11.0. The van der Waals surface area contributed by atoms with Gasteiger partial charge in [-0.25, -0.2) is 4.79 Å². The van der Waals surface area contributed by atoms with Crippen LogP contribution < -0.4 is 5.32 Å². The van der Waals surface area contributed by atoms with Crippen molar-refractivity contribution in [2.45, 2.75) is 20.8 Å². The van der Waals surface area contributed by atoms with Gasteiger partial charge in [-0.2, -0.15) is 5.26 Å². The molecule has 0 saturated heterocycles. The first-order valence-electron chi connectivity index (χ1n) is 9.62. The molecule has 31 heavy (non-hydrogen) atoms. The Hall–Kier alpha value is -4.11. The number of amides is 1. The number of nitriles is 1. The van der Waals surface area contributed by atoms with Gasteiger partial charge in [0, 0.05) is 17.3 Å². The van der Waals surface area contributed by atoms with E-state index in [0.29, 0.717) is 22.8 Å². The van der Waals surface area contributed by atoms with Crippen molar-refractivity contribution in [1.82, 2.24) is 0 Å². The molecule has 0 aliphatic carbocycles. The fraction of sp³-hybridized carbons (Fsp3) is 0.160. The summed E-state index contributed by atoms with van der Waals surface area (Å²) in [6.07, 6.45) is 1.40. The number of anilines is 1. The van der Waals surface area contributed by atoms with Gasteiger partial charge in [-0.1, -0.05) is 18.2 Å². The molecule has 6 heteroatoms. The monoisotopic (exact) mass is 414 g/mol. The molecular formula is C25H22N2O4. The van der Waals surface area contributed by atoms with Gasteiger partial charge in [0.15, 0.2) is 0 Å². The Kier molecular flexibility index (Phi) is 6.37. The first-order valence-corrected chi connectivity index (χ1v) is 9.62. The fourth-order valence-corrected chi connectivity index (χ4v) is 3.11. The lowest BCUT2D eigenvalue weighted by atomic mass is 10.0. The van der Waals surface area contributed by atoms with Gasteiger partial charge in [-0.15, -0.1) is 0 Å². The van der Waals surface area contributed by atoms with Crippen molar-refractivity contribution in [3.63, 3.8) is 0 Å². The molecule has 1 heterocycles. The summed E-state index contributed by atoms with van der Waals surface area (Å²) in [5.41, 5.74) is 4.58. The lowest BCUT2D eigenvalue weighted by Gasteiger charge is -2.08. The summed E-state index contributed by atoms with van der Waals surface area (Å²) in [4.78, 5) is 24.3. The van der Waals surface area contributed by atoms with Crippen molar-refractivity contribution in [2.24, 2.45) is 0 Å². The Balaban J connectivity index is 1.84. The van der Waals surface area contributed by atoms with Crippen LogP contribution in [0.1, 0.15) is 32.8 Å². The SMILES string of the molecule is COC(=O)c1ccc(-c2ccc(/C=C(\C#N)C(=O)Nc3cc(C)ccc3C)o2)c(C)c1. The molecular weight excluding hydrogens is 392 g/mol. The largest absolute Gasteiger partial charge is 0.465 e. The Morgan fingerprint density at radius 2 is 1.81 bits per heavy atom. The van der Waals surface area contributed by atoms with E-state index in [1.54, 1.807) is 30.3 Å². The van der Waals surface area contributed by atoms with Crippen molar-refractivity contribution in [2.75, 3.05) is 12.4 Å². The fourth-order valence-electron chi connectivity index (χ4n) is 3.11. The quantitative estimate of drug-likeness (QED) is 0.352. The van der Waals surface area contributed by atoms with Gasteiger partial charge in [0.05, 0.1) is 12.7 Å². The summed E-state index contributed by atoms with van der Waals surface area (Å²) in [7, 11) is 1.33. The summed E-state index contributed by atoms with van der Waals surface area (Å²) in [5, 5.41) is 12.2. The molecule has 6 nitrogen and oxygen atoms in total. The number of hydrogen-bond donors (Lipinski definition) is 1. The number of hydrogen-bond acceptors (Lipinski definition) is 5. The maximum absolute atomic E-state index is 12.6. The van der Waals surface area contributed by atoms with E-state index in [4.69, 9.17) is 9.15 Å². The van der Waals surface area contributed by atoms with Crippen molar-refractivity contribution >= 4 is 23.6 Å². The summed E-state index contributed by atoms with van der Waals surface area (Å²) < 4.78 is 10.6. The maximum Gasteiger partial charge on any atom is 0.337 e. The molecule has 1 N–H and O–H groups in total. The molecule has 0 saturated carbocycles. The number of nitrogens with zero attached hydrogens (tertiary/aromatic N) is 1. The highest BCUT2D eigenvalue weighted by Gasteiger charge is 2.14. The highest BCUT2D eigenvalue weighted by Crippen LogP contribution is 2.27. The number of furan rings is 1. The van der Waals surface area contributed by atoms with Crippen molar-refractivity contribution in [3.8, 4) is 17.4 Å². The van der Waals surface area contributed by atoms with Crippen LogP contribution in [0.15, 0.2) is 58.5 Å². The van der Waals surface area contributed by atoms with Crippen LogP contribution in [0.5, 0.6) is 0 Å². The number of aryl methyl sites for hydroxylation is 3. The average molecular weight is 414 g/mol. The second kappa shape index (κ2) is 9.14. The molecule has 0 aliphatic rings. The number of benzene rings is 2. The van der Waals surface area contributed by atoms with E-state index in [1.165, 1.54) is 13.2 Å². The minimum Gasteiger partial charge on any atom is -0.465 e. The van der Waals surface area contributed by atoms with Gasteiger partial charge in [0.2, 0.25) is 0 Å². The Morgan fingerprint density at radius 1 is 1.03 bits per heavy atom. The van der Waals surface area contributed by atoms with Gasteiger partial charge in [-0.3, -0.25) is 4.79 Å². The van der Waals surface area contributed by atoms with E-state index in [0.717, 1.165) is 22.3 Å². The molecule has 0 aliphatic heterocycles. The molecule has 3 rings (SSSR count). The summed E-state index contributed by atoms with van der Waals surface area (Å²) in [5.74, 6) is 0.0190. The zero-order valence-electron chi connectivity index (χ0n) is 17.8. The Bertz CT molecular complexity index is 1230. The van der Waals surface area contributed by atoms with Gasteiger partial charge < -0.3 is 14.5 Å². The van der Waals surface area contributed by atoms with Crippen molar-refractivity contribution in [3.05, 3.63) is 82.1 Å². The lowest BCUT2D eigenvalue weighted by molar-refractivity contribution is -0.112. The predicted molar refractivity (Wildman–Crippen MR) is 118 cm³/mol. The maximum atomic E-state index is 12.6. The zero-order chi connectivity index (χ0) is 22.5. The van der Waals surface area contributed by atoms with Crippen LogP contribution in [-0.2, 0) is 9.53 Å². The molecule has 0 spiro atoms. The van der Waals surface area contributed by atoms with Gasteiger partial charge in [0.1, 0.15) is 23.2 Å². The van der Waals surface area contributed by atoms with Gasteiger partial charge in [0.25, 0.3) is 5.91 Å². The second-order valence-electron chi connectivity index (χ2n) is 7.17.